The molecule has 30 heavy (non-hydrogen) atoms. The fourth-order valence-electron chi connectivity index (χ4n) is 3.10. The predicted octanol–water partition coefficient (Wildman–Crippen LogP) is 5.78. The van der Waals surface area contributed by atoms with Gasteiger partial charge in [-0.15, -0.1) is 0 Å². The minimum Gasteiger partial charge on any atom is -0.460 e. The smallest absolute Gasteiger partial charge is 0.426 e. The largest absolute Gasteiger partial charge is 0.460 e. The number of hydrogen-bond acceptors (Lipinski definition) is 3. The molecule has 0 aliphatic heterocycles. The van der Waals surface area contributed by atoms with E-state index in [4.69, 9.17) is 21.1 Å². The number of ether oxygens (including phenoxy) is 2. The van der Waals surface area contributed by atoms with Crippen LogP contribution in [0.1, 0.15) is 31.9 Å². The molecule has 0 amide bonds. The summed E-state index contributed by atoms with van der Waals surface area (Å²) in [6.45, 7) is 2.67. The van der Waals surface area contributed by atoms with Crippen LogP contribution in [0.4, 0.5) is 30.7 Å². The van der Waals surface area contributed by atoms with Gasteiger partial charge in [-0.3, -0.25) is 4.79 Å². The number of hydrogen-bond donors (Lipinski definition) is 0. The third-order valence-corrected chi connectivity index (χ3v) is 5.36. The van der Waals surface area contributed by atoms with Crippen molar-refractivity contribution in [3.63, 3.8) is 0 Å². The zero-order valence-corrected chi connectivity index (χ0v) is 16.9. The number of esters is 1. The zero-order chi connectivity index (χ0) is 23.0. The third kappa shape index (κ3) is 4.74. The van der Waals surface area contributed by atoms with Gasteiger partial charge in [-0.1, -0.05) is 31.5 Å². The van der Waals surface area contributed by atoms with Crippen LogP contribution in [-0.4, -0.2) is 18.8 Å². The SMILES string of the molecule is CCOCc1c(F)c(F)c(COC(=O)C2C(C=C(Cl)C(F)(F)F)C2(C)C)c(F)c1F. The van der Waals surface area contributed by atoms with E-state index in [1.807, 2.05) is 0 Å². The molecule has 1 fully saturated rings. The van der Waals surface area contributed by atoms with Crippen molar-refractivity contribution in [2.24, 2.45) is 17.3 Å². The lowest BCUT2D eigenvalue weighted by molar-refractivity contribution is -0.147. The quantitative estimate of drug-likeness (QED) is 0.293. The number of rotatable bonds is 7. The monoisotopic (exact) mass is 462 g/mol. The molecule has 0 radical (unpaired) electrons. The average Bonchev–Trinajstić information content (AvgIpc) is 3.19. The van der Waals surface area contributed by atoms with E-state index in [-0.39, 0.29) is 6.61 Å². The predicted molar refractivity (Wildman–Crippen MR) is 92.2 cm³/mol. The van der Waals surface area contributed by atoms with E-state index in [1.165, 1.54) is 20.8 Å². The molecule has 2 atom stereocenters. The Bertz CT molecular complexity index is 836. The van der Waals surface area contributed by atoms with Crippen molar-refractivity contribution < 1.29 is 45.0 Å². The number of carbonyl (C=O) groups is 1. The van der Waals surface area contributed by atoms with Crippen LogP contribution in [0.25, 0.3) is 0 Å². The highest BCUT2D eigenvalue weighted by molar-refractivity contribution is 6.30. The fraction of sp³-hybridized carbons (Fsp3) is 0.526. The Kier molecular flexibility index (Phi) is 7.13. The second-order valence-corrected chi connectivity index (χ2v) is 7.70. The number of carbonyl (C=O) groups excluding carboxylic acids is 1. The maximum absolute atomic E-state index is 14.1. The van der Waals surface area contributed by atoms with Gasteiger partial charge in [-0.2, -0.15) is 13.2 Å². The standard InChI is InChI=1S/C19H18ClF7O3/c1-4-29-6-8-13(21)15(23)9(16(24)14(8)22)7-30-17(28)12-10(18(12,2)3)5-11(20)19(25,26)27/h5,10,12H,4,6-7H2,1-3H3. The molecule has 1 aliphatic carbocycles. The molecule has 11 heteroatoms. The Labute approximate surface area is 172 Å². The van der Waals surface area contributed by atoms with Crippen molar-refractivity contribution in [1.29, 1.82) is 0 Å². The van der Waals surface area contributed by atoms with Crippen LogP contribution < -0.4 is 0 Å². The summed E-state index contributed by atoms with van der Waals surface area (Å²) in [7, 11) is 0. The maximum Gasteiger partial charge on any atom is 0.426 e. The summed E-state index contributed by atoms with van der Waals surface area (Å²) >= 11 is 5.18. The molecular weight excluding hydrogens is 445 g/mol. The first-order valence-electron chi connectivity index (χ1n) is 8.77. The van der Waals surface area contributed by atoms with Gasteiger partial charge in [0.2, 0.25) is 0 Å². The van der Waals surface area contributed by atoms with Crippen molar-refractivity contribution in [3.8, 4) is 0 Å². The molecule has 168 valence electrons. The summed E-state index contributed by atoms with van der Waals surface area (Å²) in [6.07, 6.45) is -4.13. The summed E-state index contributed by atoms with van der Waals surface area (Å²) in [6, 6.07) is 0. The average molecular weight is 463 g/mol. The van der Waals surface area contributed by atoms with Gasteiger partial charge in [0.15, 0.2) is 23.3 Å². The Hall–Kier alpha value is -1.81. The molecule has 2 rings (SSSR count). The molecule has 1 aromatic carbocycles. The highest BCUT2D eigenvalue weighted by Crippen LogP contribution is 2.60. The third-order valence-electron chi connectivity index (χ3n) is 5.02. The number of allylic oxidation sites excluding steroid dienone is 2. The first-order chi connectivity index (χ1) is 13.7. The minimum absolute atomic E-state index is 0.0482. The van der Waals surface area contributed by atoms with Gasteiger partial charge in [0.05, 0.1) is 23.7 Å². The molecule has 1 aromatic rings. The number of alkyl halides is 3. The molecule has 3 nitrogen and oxygen atoms in total. The van der Waals surface area contributed by atoms with Crippen LogP contribution in [0.2, 0.25) is 0 Å². The van der Waals surface area contributed by atoms with Crippen LogP contribution in [0.5, 0.6) is 0 Å². The lowest BCUT2D eigenvalue weighted by atomic mass is 10.1. The van der Waals surface area contributed by atoms with Crippen LogP contribution in [0, 0.1) is 40.5 Å². The lowest BCUT2D eigenvalue weighted by Gasteiger charge is -2.12. The van der Waals surface area contributed by atoms with E-state index in [0.29, 0.717) is 6.08 Å². The van der Waals surface area contributed by atoms with Crippen molar-refractivity contribution in [3.05, 3.63) is 45.5 Å². The molecule has 0 heterocycles. The molecule has 0 spiro atoms. The summed E-state index contributed by atoms with van der Waals surface area (Å²) < 4.78 is 104. The summed E-state index contributed by atoms with van der Waals surface area (Å²) in [4.78, 5) is 12.2. The molecule has 0 aromatic heterocycles. The summed E-state index contributed by atoms with van der Waals surface area (Å²) in [5, 5.41) is -1.41. The second-order valence-electron chi connectivity index (χ2n) is 7.30. The van der Waals surface area contributed by atoms with Gasteiger partial charge >= 0.3 is 12.1 Å². The van der Waals surface area contributed by atoms with Gasteiger partial charge < -0.3 is 9.47 Å². The van der Waals surface area contributed by atoms with Gasteiger partial charge in [0.25, 0.3) is 0 Å². The normalized spacial score (nSPS) is 21.0. The topological polar surface area (TPSA) is 35.5 Å². The second kappa shape index (κ2) is 8.74. The van der Waals surface area contributed by atoms with Crippen LogP contribution in [-0.2, 0) is 27.5 Å². The summed E-state index contributed by atoms with van der Waals surface area (Å²) in [5.41, 5.74) is -3.06. The van der Waals surface area contributed by atoms with Crippen molar-refractivity contribution >= 4 is 17.6 Å². The van der Waals surface area contributed by atoms with E-state index in [0.717, 1.165) is 0 Å². The van der Waals surface area contributed by atoms with Crippen LogP contribution in [0.15, 0.2) is 11.1 Å². The molecular formula is C19H18ClF7O3. The fourth-order valence-corrected chi connectivity index (χ4v) is 3.24. The molecule has 2 unspecified atom stereocenters. The van der Waals surface area contributed by atoms with Gasteiger partial charge in [0.1, 0.15) is 11.6 Å². The van der Waals surface area contributed by atoms with Crippen LogP contribution >= 0.6 is 11.6 Å². The van der Waals surface area contributed by atoms with Gasteiger partial charge in [-0.05, 0) is 18.3 Å². The first-order valence-corrected chi connectivity index (χ1v) is 9.15. The lowest BCUT2D eigenvalue weighted by Crippen LogP contribution is -2.15. The Morgan fingerprint density at radius 2 is 1.50 bits per heavy atom. The Morgan fingerprint density at radius 1 is 1.03 bits per heavy atom. The van der Waals surface area contributed by atoms with Gasteiger partial charge in [0, 0.05) is 6.61 Å². The first kappa shape index (κ1) is 24.5. The maximum atomic E-state index is 14.1. The highest BCUT2D eigenvalue weighted by Gasteiger charge is 2.62. The summed E-state index contributed by atoms with van der Waals surface area (Å²) in [5.74, 6) is -9.95. The minimum atomic E-state index is -4.79. The van der Waals surface area contributed by atoms with Crippen molar-refractivity contribution in [2.45, 2.75) is 40.2 Å². The zero-order valence-electron chi connectivity index (χ0n) is 16.1. The number of halogens is 8. The Balaban J connectivity index is 2.17. The van der Waals surface area contributed by atoms with Crippen LogP contribution in [0.3, 0.4) is 0 Å². The van der Waals surface area contributed by atoms with E-state index in [2.05, 4.69) is 0 Å². The molecule has 0 bridgehead atoms. The van der Waals surface area contributed by atoms with E-state index in [1.54, 1.807) is 0 Å². The van der Waals surface area contributed by atoms with E-state index in [9.17, 15) is 35.5 Å². The van der Waals surface area contributed by atoms with Gasteiger partial charge in [-0.25, -0.2) is 17.6 Å². The molecule has 0 N–H and O–H groups in total. The molecule has 1 aliphatic rings. The molecule has 0 saturated heterocycles. The number of benzene rings is 1. The Morgan fingerprint density at radius 3 is 1.93 bits per heavy atom. The van der Waals surface area contributed by atoms with E-state index >= 15 is 0 Å². The van der Waals surface area contributed by atoms with Crippen molar-refractivity contribution in [1.82, 2.24) is 0 Å². The molecule has 1 saturated carbocycles. The van der Waals surface area contributed by atoms with Crippen molar-refractivity contribution in [2.75, 3.05) is 6.61 Å². The van der Waals surface area contributed by atoms with E-state index < -0.39 is 82.0 Å². The highest BCUT2D eigenvalue weighted by atomic mass is 35.5.